The Morgan fingerprint density at radius 2 is 1.33 bits per heavy atom. The summed E-state index contributed by atoms with van der Waals surface area (Å²) in [5.41, 5.74) is 1.34. The smallest absolute Gasteiger partial charge is 0.236 e. The first-order valence-corrected chi connectivity index (χ1v) is 11.9. The molecule has 5 nitrogen and oxygen atoms in total. The van der Waals surface area contributed by atoms with Crippen molar-refractivity contribution in [3.63, 3.8) is 0 Å². The normalized spacial score (nSPS) is 21.9. The largest absolute Gasteiger partial charge is 0.348 e. The van der Waals surface area contributed by atoms with Crippen molar-refractivity contribution < 1.29 is 14.4 Å². The highest BCUT2D eigenvalue weighted by Gasteiger charge is 2.44. The number of rotatable bonds is 9. The van der Waals surface area contributed by atoms with Crippen LogP contribution in [0.4, 0.5) is 0 Å². The van der Waals surface area contributed by atoms with Gasteiger partial charge < -0.3 is 4.90 Å². The molecule has 0 radical (unpaired) electrons. The van der Waals surface area contributed by atoms with Gasteiger partial charge in [0.05, 0.1) is 6.54 Å². The second-order valence-electron chi connectivity index (χ2n) is 9.57. The van der Waals surface area contributed by atoms with Gasteiger partial charge in [0.15, 0.2) is 11.6 Å². The van der Waals surface area contributed by atoms with Crippen molar-refractivity contribution in [2.75, 3.05) is 33.7 Å². The van der Waals surface area contributed by atoms with E-state index in [0.717, 1.165) is 12.8 Å². The average Bonchev–Trinajstić information content (AvgIpc) is 2.84. The fourth-order valence-electron chi connectivity index (χ4n) is 4.79. The van der Waals surface area contributed by atoms with Crippen molar-refractivity contribution in [1.82, 2.24) is 9.80 Å². The van der Waals surface area contributed by atoms with Gasteiger partial charge in [-0.25, -0.2) is 0 Å². The van der Waals surface area contributed by atoms with Crippen LogP contribution in [0.1, 0.15) is 47.4 Å². The molecule has 2 aromatic carbocycles. The summed E-state index contributed by atoms with van der Waals surface area (Å²) in [7, 11) is 3.47. The van der Waals surface area contributed by atoms with Crippen molar-refractivity contribution in [3.05, 3.63) is 71.8 Å². The van der Waals surface area contributed by atoms with E-state index in [9.17, 15) is 14.4 Å². The maximum Gasteiger partial charge on any atom is 0.236 e. The monoisotopic (exact) mass is 448 g/mol. The Morgan fingerprint density at radius 3 is 1.73 bits per heavy atom. The van der Waals surface area contributed by atoms with Gasteiger partial charge in [-0.05, 0) is 18.3 Å². The fraction of sp³-hybridized carbons (Fsp3) is 0.464. The number of ketones is 2. The summed E-state index contributed by atoms with van der Waals surface area (Å²) in [6.45, 7) is 5.54. The van der Waals surface area contributed by atoms with Crippen LogP contribution in [0.5, 0.6) is 0 Å². The van der Waals surface area contributed by atoms with Gasteiger partial charge in [0.2, 0.25) is 5.91 Å². The second-order valence-corrected chi connectivity index (χ2v) is 9.57. The Bertz CT molecular complexity index is 881. The van der Waals surface area contributed by atoms with Crippen molar-refractivity contribution >= 4 is 17.5 Å². The molecule has 5 heteroatoms. The van der Waals surface area contributed by atoms with Gasteiger partial charge >= 0.3 is 0 Å². The zero-order chi connectivity index (χ0) is 24.0. The van der Waals surface area contributed by atoms with E-state index in [-0.39, 0.29) is 41.8 Å². The van der Waals surface area contributed by atoms with Crippen LogP contribution in [0.25, 0.3) is 0 Å². The summed E-state index contributed by atoms with van der Waals surface area (Å²) in [6.07, 6.45) is 1.82. The maximum absolute atomic E-state index is 13.7. The SMILES string of the molecule is CCC(C)CC1C(C(=O)c2ccccc2)CN(CC(=O)N(C)C)CC1C(=O)c1ccccc1. The zero-order valence-corrected chi connectivity index (χ0v) is 20.2. The van der Waals surface area contributed by atoms with Crippen LogP contribution in [-0.2, 0) is 4.79 Å². The first kappa shape index (κ1) is 24.8. The quantitative estimate of drug-likeness (QED) is 0.532. The summed E-state index contributed by atoms with van der Waals surface area (Å²) in [4.78, 5) is 43.5. The third kappa shape index (κ3) is 6.17. The Balaban J connectivity index is 2.00. The van der Waals surface area contributed by atoms with Gasteiger partial charge in [-0.2, -0.15) is 0 Å². The Hall–Kier alpha value is -2.79. The molecule has 0 N–H and O–H groups in total. The van der Waals surface area contributed by atoms with E-state index in [4.69, 9.17) is 0 Å². The molecule has 0 aromatic heterocycles. The molecule has 1 heterocycles. The molecule has 1 amide bonds. The van der Waals surface area contributed by atoms with E-state index in [2.05, 4.69) is 13.8 Å². The molecule has 0 bridgehead atoms. The van der Waals surface area contributed by atoms with Crippen LogP contribution < -0.4 is 0 Å². The number of benzene rings is 2. The molecular weight excluding hydrogens is 412 g/mol. The topological polar surface area (TPSA) is 57.7 Å². The minimum absolute atomic E-state index is 0.0211. The van der Waals surface area contributed by atoms with Crippen LogP contribution in [0.3, 0.4) is 0 Å². The number of carbonyl (C=O) groups excluding carboxylic acids is 3. The summed E-state index contributed by atoms with van der Waals surface area (Å²) in [5.74, 6) is -0.209. The molecule has 3 rings (SSSR count). The highest BCUT2D eigenvalue weighted by atomic mass is 16.2. The summed E-state index contributed by atoms with van der Waals surface area (Å²) < 4.78 is 0. The maximum atomic E-state index is 13.7. The first-order chi connectivity index (χ1) is 15.8. The predicted octanol–water partition coefficient (Wildman–Crippen LogP) is 4.44. The van der Waals surface area contributed by atoms with Gasteiger partial charge in [-0.3, -0.25) is 19.3 Å². The lowest BCUT2D eigenvalue weighted by atomic mass is 9.68. The fourth-order valence-corrected chi connectivity index (χ4v) is 4.79. The molecule has 1 saturated heterocycles. The van der Waals surface area contributed by atoms with Gasteiger partial charge in [-0.1, -0.05) is 80.9 Å². The number of likely N-dealkylation sites (tertiary alicyclic amines) is 1. The van der Waals surface area contributed by atoms with E-state index < -0.39 is 0 Å². The van der Waals surface area contributed by atoms with Crippen molar-refractivity contribution in [2.45, 2.75) is 26.7 Å². The third-order valence-electron chi connectivity index (χ3n) is 6.96. The molecule has 176 valence electrons. The zero-order valence-electron chi connectivity index (χ0n) is 20.2. The van der Waals surface area contributed by atoms with E-state index >= 15 is 0 Å². The van der Waals surface area contributed by atoms with Crippen molar-refractivity contribution in [2.24, 2.45) is 23.7 Å². The summed E-state index contributed by atoms with van der Waals surface area (Å²) >= 11 is 0. The summed E-state index contributed by atoms with van der Waals surface area (Å²) in [6, 6.07) is 18.7. The number of carbonyl (C=O) groups is 3. The van der Waals surface area contributed by atoms with Crippen LogP contribution >= 0.6 is 0 Å². The minimum Gasteiger partial charge on any atom is -0.348 e. The number of nitrogens with zero attached hydrogens (tertiary/aromatic N) is 2. The molecule has 3 unspecified atom stereocenters. The number of Topliss-reactive ketones (excluding diaryl/α,β-unsaturated/α-hetero) is 2. The number of hydrogen-bond donors (Lipinski definition) is 0. The lowest BCUT2D eigenvalue weighted by molar-refractivity contribution is -0.130. The Morgan fingerprint density at radius 1 is 0.879 bits per heavy atom. The number of likely N-dealkylation sites (N-methyl/N-ethyl adjacent to an activating group) is 1. The number of amides is 1. The van der Waals surface area contributed by atoms with E-state index in [1.54, 1.807) is 19.0 Å². The van der Waals surface area contributed by atoms with Crippen LogP contribution in [0.15, 0.2) is 60.7 Å². The molecule has 2 aromatic rings. The molecule has 1 fully saturated rings. The first-order valence-electron chi connectivity index (χ1n) is 11.9. The standard InChI is InChI=1S/C28H36N2O3/c1-5-20(2)16-23-24(27(32)21-12-8-6-9-13-21)17-30(19-26(31)29(3)4)18-25(23)28(33)22-14-10-7-11-15-22/h6-15,20,23-25H,5,16-19H2,1-4H3. The predicted molar refractivity (Wildman–Crippen MR) is 131 cm³/mol. The highest BCUT2D eigenvalue weighted by Crippen LogP contribution is 2.38. The van der Waals surface area contributed by atoms with Crippen LogP contribution in [-0.4, -0.2) is 61.0 Å². The summed E-state index contributed by atoms with van der Waals surface area (Å²) in [5, 5.41) is 0. The lowest BCUT2D eigenvalue weighted by Gasteiger charge is -2.43. The van der Waals surface area contributed by atoms with Crippen LogP contribution in [0, 0.1) is 23.7 Å². The van der Waals surface area contributed by atoms with Gasteiger partial charge in [-0.15, -0.1) is 0 Å². The van der Waals surface area contributed by atoms with Gasteiger partial charge in [0.1, 0.15) is 0 Å². The lowest BCUT2D eigenvalue weighted by Crippen LogP contribution is -2.53. The minimum atomic E-state index is -0.331. The highest BCUT2D eigenvalue weighted by molar-refractivity contribution is 6.01. The molecule has 0 aliphatic carbocycles. The van der Waals surface area contributed by atoms with Crippen molar-refractivity contribution in [1.29, 1.82) is 0 Å². The molecule has 33 heavy (non-hydrogen) atoms. The number of piperidine rings is 1. The van der Waals surface area contributed by atoms with E-state index in [1.165, 1.54) is 0 Å². The average molecular weight is 449 g/mol. The molecular formula is C28H36N2O3. The molecule has 1 aliphatic heterocycles. The Kier molecular flexibility index (Phi) is 8.56. The van der Waals surface area contributed by atoms with Crippen molar-refractivity contribution in [3.8, 4) is 0 Å². The molecule has 1 aliphatic rings. The number of hydrogen-bond acceptors (Lipinski definition) is 4. The van der Waals surface area contributed by atoms with Gasteiger partial charge in [0.25, 0.3) is 0 Å². The van der Waals surface area contributed by atoms with E-state index in [0.29, 0.717) is 30.1 Å². The molecule has 0 saturated carbocycles. The Labute approximate surface area is 197 Å². The van der Waals surface area contributed by atoms with Crippen LogP contribution in [0.2, 0.25) is 0 Å². The molecule has 0 spiro atoms. The van der Waals surface area contributed by atoms with E-state index in [1.807, 2.05) is 65.6 Å². The van der Waals surface area contributed by atoms with Gasteiger partial charge in [0, 0.05) is 50.1 Å². The third-order valence-corrected chi connectivity index (χ3v) is 6.96. The molecule has 3 atom stereocenters. The second kappa shape index (κ2) is 11.4.